The summed E-state index contributed by atoms with van der Waals surface area (Å²) in [6.07, 6.45) is 3.78. The quantitative estimate of drug-likeness (QED) is 0.103. The van der Waals surface area contributed by atoms with E-state index in [1.54, 1.807) is 17.9 Å². The first-order valence-corrected chi connectivity index (χ1v) is 14.5. The number of para-hydroxylation sites is 1. The van der Waals surface area contributed by atoms with Crippen molar-refractivity contribution in [2.24, 2.45) is 17.6 Å². The minimum Gasteiger partial charge on any atom is -0.466 e. The molecule has 1 unspecified atom stereocenters. The second kappa shape index (κ2) is 15.5. The first-order chi connectivity index (χ1) is 19.7. The Balaban J connectivity index is 1.53. The van der Waals surface area contributed by atoms with E-state index in [0.717, 1.165) is 31.2 Å². The fourth-order valence-corrected chi connectivity index (χ4v) is 5.56. The molecule has 2 aromatic rings. The van der Waals surface area contributed by atoms with Crippen molar-refractivity contribution in [3.63, 3.8) is 0 Å². The van der Waals surface area contributed by atoms with E-state index < -0.39 is 27.5 Å². The molecular formula is C30H39N3O7S. The number of piperidine rings is 1. The summed E-state index contributed by atoms with van der Waals surface area (Å²) in [7, 11) is 0. The number of nitrogens with zero attached hydrogens (tertiary/aromatic N) is 2. The first-order valence-electron chi connectivity index (χ1n) is 14.0. The Hall–Kier alpha value is -3.44. The number of ether oxygens (including phenoxy) is 2. The van der Waals surface area contributed by atoms with Crippen molar-refractivity contribution in [3.05, 3.63) is 75.8 Å². The number of benzene rings is 2. The van der Waals surface area contributed by atoms with E-state index in [9.17, 15) is 24.5 Å². The summed E-state index contributed by atoms with van der Waals surface area (Å²) in [5.41, 5.74) is 5.81. The standard InChI is InChI=1S/C30H39N3O7S/c1-2-39-27(34)25(30(31,28(35)41)20-24-13-7-9-15-26(24)33(37)38)14-8-6-10-22-16-18-32(19-17-22)29(36)40-21-23-11-4-3-5-12-23/h3-5,7,9,11-13,15,22,25H,2,6,8,10,14,16-21,31H2,1H3,(H,35,41)/t25?,30-/m1/s1. The summed E-state index contributed by atoms with van der Waals surface area (Å²) < 4.78 is 10.7. The molecule has 3 rings (SSSR count). The minimum atomic E-state index is -1.77. The summed E-state index contributed by atoms with van der Waals surface area (Å²) in [4.78, 5) is 50.9. The number of esters is 1. The van der Waals surface area contributed by atoms with E-state index in [-0.39, 0.29) is 43.4 Å². The van der Waals surface area contributed by atoms with Gasteiger partial charge in [0.05, 0.1) is 17.4 Å². The molecule has 2 aromatic carbocycles. The number of hydrogen-bond donors (Lipinski definition) is 2. The van der Waals surface area contributed by atoms with Crippen LogP contribution in [0.4, 0.5) is 10.5 Å². The maximum atomic E-state index is 13.0. The lowest BCUT2D eigenvalue weighted by atomic mass is 9.77. The smallest absolute Gasteiger partial charge is 0.410 e. The van der Waals surface area contributed by atoms with Gasteiger partial charge in [-0.2, -0.15) is 0 Å². The number of likely N-dealkylation sites (tertiary alicyclic amines) is 1. The molecule has 0 aliphatic carbocycles. The minimum absolute atomic E-state index is 0.115. The predicted octanol–water partition coefficient (Wildman–Crippen LogP) is 5.08. The van der Waals surface area contributed by atoms with Gasteiger partial charge in [0, 0.05) is 31.1 Å². The molecule has 222 valence electrons. The van der Waals surface area contributed by atoms with Crippen molar-refractivity contribution in [2.75, 3.05) is 19.7 Å². The maximum Gasteiger partial charge on any atom is 0.410 e. The Morgan fingerprint density at radius 3 is 2.37 bits per heavy atom. The highest BCUT2D eigenvalue weighted by atomic mass is 32.1. The lowest BCUT2D eigenvalue weighted by Gasteiger charge is -2.34. The first kappa shape index (κ1) is 32.1. The molecule has 0 spiro atoms. The summed E-state index contributed by atoms with van der Waals surface area (Å²) >= 11 is 4.00. The normalized spacial score (nSPS) is 15.9. The van der Waals surface area contributed by atoms with Crippen LogP contribution in [-0.2, 0) is 32.1 Å². The molecule has 0 aromatic heterocycles. The van der Waals surface area contributed by atoms with Crippen LogP contribution in [0.15, 0.2) is 54.6 Å². The summed E-state index contributed by atoms with van der Waals surface area (Å²) in [6, 6.07) is 15.6. The molecule has 41 heavy (non-hydrogen) atoms. The number of rotatable bonds is 14. The Morgan fingerprint density at radius 2 is 1.73 bits per heavy atom. The van der Waals surface area contributed by atoms with Gasteiger partial charge in [-0.25, -0.2) is 4.79 Å². The number of hydrogen-bond acceptors (Lipinski definition) is 8. The third-order valence-electron chi connectivity index (χ3n) is 7.70. The number of nitro benzene ring substituents is 1. The van der Waals surface area contributed by atoms with Gasteiger partial charge in [-0.05, 0) is 37.7 Å². The molecular weight excluding hydrogens is 546 g/mol. The van der Waals surface area contributed by atoms with E-state index in [0.29, 0.717) is 25.4 Å². The van der Waals surface area contributed by atoms with Crippen molar-refractivity contribution in [1.82, 2.24) is 4.90 Å². The zero-order valence-electron chi connectivity index (χ0n) is 23.4. The number of amides is 1. The highest BCUT2D eigenvalue weighted by molar-refractivity contribution is 7.96. The monoisotopic (exact) mass is 585 g/mol. The van der Waals surface area contributed by atoms with Crippen LogP contribution in [0.5, 0.6) is 0 Å². The Kier molecular flexibility index (Phi) is 12.2. The van der Waals surface area contributed by atoms with Crippen LogP contribution in [0.1, 0.15) is 56.6 Å². The molecule has 10 nitrogen and oxygen atoms in total. The van der Waals surface area contributed by atoms with Gasteiger partial charge < -0.3 is 20.1 Å². The largest absolute Gasteiger partial charge is 0.466 e. The molecule has 1 amide bonds. The molecule has 0 radical (unpaired) electrons. The second-order valence-corrected chi connectivity index (χ2v) is 10.9. The predicted molar refractivity (Wildman–Crippen MR) is 157 cm³/mol. The molecule has 2 atom stereocenters. The number of carbonyl (C=O) groups is 3. The van der Waals surface area contributed by atoms with Crippen molar-refractivity contribution in [3.8, 4) is 0 Å². The van der Waals surface area contributed by atoms with E-state index in [1.165, 1.54) is 18.2 Å². The summed E-state index contributed by atoms with van der Waals surface area (Å²) in [5, 5.41) is 10.8. The van der Waals surface area contributed by atoms with Crippen molar-refractivity contribution < 1.29 is 28.8 Å². The zero-order valence-corrected chi connectivity index (χ0v) is 24.3. The highest BCUT2D eigenvalue weighted by Gasteiger charge is 2.46. The van der Waals surface area contributed by atoms with Gasteiger partial charge in [-0.3, -0.25) is 19.7 Å². The molecule has 1 fully saturated rings. The van der Waals surface area contributed by atoms with Crippen LogP contribution < -0.4 is 5.73 Å². The number of thiol groups is 1. The van der Waals surface area contributed by atoms with E-state index >= 15 is 0 Å². The van der Waals surface area contributed by atoms with Crippen LogP contribution >= 0.6 is 12.6 Å². The van der Waals surface area contributed by atoms with Gasteiger partial charge in [0.1, 0.15) is 12.1 Å². The third kappa shape index (κ3) is 9.02. The average Bonchev–Trinajstić information content (AvgIpc) is 2.96. The van der Waals surface area contributed by atoms with Gasteiger partial charge in [0.15, 0.2) is 0 Å². The van der Waals surface area contributed by atoms with Crippen LogP contribution in [0.3, 0.4) is 0 Å². The lowest BCUT2D eigenvalue weighted by molar-refractivity contribution is -0.385. The molecule has 1 heterocycles. The fourth-order valence-electron chi connectivity index (χ4n) is 5.33. The van der Waals surface area contributed by atoms with Crippen LogP contribution in [-0.4, -0.2) is 52.2 Å². The molecule has 1 saturated heterocycles. The zero-order chi connectivity index (χ0) is 29.8. The number of nitrogens with two attached hydrogens (primary N) is 1. The molecule has 1 aliphatic rings. The SMILES string of the molecule is CCOC(=O)C(CCCCC1CCN(C(=O)OCc2ccccc2)CC1)[C@](N)(Cc1ccccc1[N+](=O)[O-])C(=O)S. The van der Waals surface area contributed by atoms with Crippen molar-refractivity contribution >= 4 is 35.5 Å². The number of nitro groups is 1. The fraction of sp³-hybridized carbons (Fsp3) is 0.500. The molecule has 1 aliphatic heterocycles. The summed E-state index contributed by atoms with van der Waals surface area (Å²) in [6.45, 7) is 3.28. The topological polar surface area (TPSA) is 142 Å². The van der Waals surface area contributed by atoms with Gasteiger partial charge in [0.25, 0.3) is 5.69 Å². The number of unbranched alkanes of at least 4 members (excludes halogenated alkanes) is 1. The van der Waals surface area contributed by atoms with Crippen LogP contribution in [0.25, 0.3) is 0 Å². The lowest BCUT2D eigenvalue weighted by Crippen LogP contribution is -2.57. The Morgan fingerprint density at radius 1 is 1.07 bits per heavy atom. The van der Waals surface area contributed by atoms with Crippen molar-refractivity contribution in [1.29, 1.82) is 0 Å². The van der Waals surface area contributed by atoms with Gasteiger partial charge in [-0.1, -0.05) is 67.8 Å². The van der Waals surface area contributed by atoms with E-state index in [4.69, 9.17) is 15.2 Å². The van der Waals surface area contributed by atoms with Crippen LogP contribution in [0, 0.1) is 22.0 Å². The van der Waals surface area contributed by atoms with Gasteiger partial charge >= 0.3 is 12.1 Å². The molecule has 2 N–H and O–H groups in total. The maximum absolute atomic E-state index is 13.0. The number of carbonyl (C=O) groups excluding carboxylic acids is 3. The van der Waals surface area contributed by atoms with Crippen LogP contribution in [0.2, 0.25) is 0 Å². The molecule has 0 saturated carbocycles. The third-order valence-corrected chi connectivity index (χ3v) is 8.11. The van der Waals surface area contributed by atoms with E-state index in [2.05, 4.69) is 12.6 Å². The molecule has 0 bridgehead atoms. The Bertz CT molecular complexity index is 1190. The van der Waals surface area contributed by atoms with Gasteiger partial charge in [-0.15, -0.1) is 12.6 Å². The summed E-state index contributed by atoms with van der Waals surface area (Å²) in [5.74, 6) is -1.19. The second-order valence-electron chi connectivity index (χ2n) is 10.5. The Labute approximate surface area is 246 Å². The average molecular weight is 586 g/mol. The van der Waals surface area contributed by atoms with E-state index in [1.807, 2.05) is 30.3 Å². The van der Waals surface area contributed by atoms with Gasteiger partial charge in [0.2, 0.25) is 5.12 Å². The van der Waals surface area contributed by atoms with Crippen molar-refractivity contribution in [2.45, 2.75) is 64.0 Å². The molecule has 11 heteroatoms. The highest BCUT2D eigenvalue weighted by Crippen LogP contribution is 2.33.